The van der Waals surface area contributed by atoms with Crippen LogP contribution in [0.5, 0.6) is 5.75 Å². The average molecular weight is 341 g/mol. The Bertz CT molecular complexity index is 565. The van der Waals surface area contributed by atoms with Crippen LogP contribution in [0.1, 0.15) is 38.6 Å². The fraction of sp³-hybridized carbons (Fsp3) is 0.429. The van der Waals surface area contributed by atoms with Crippen molar-refractivity contribution >= 4 is 15.9 Å². The summed E-state index contributed by atoms with van der Waals surface area (Å²) in [4.78, 5) is 4.36. The molecule has 0 amide bonds. The van der Waals surface area contributed by atoms with E-state index in [1.54, 1.807) is 18.2 Å². The first kappa shape index (κ1) is 15.0. The van der Waals surface area contributed by atoms with Crippen molar-refractivity contribution < 1.29 is 14.4 Å². The quantitative estimate of drug-likeness (QED) is 0.857. The van der Waals surface area contributed by atoms with Gasteiger partial charge in [-0.15, -0.1) is 0 Å². The first-order valence-electron chi connectivity index (χ1n) is 6.59. The van der Waals surface area contributed by atoms with Gasteiger partial charge >= 0.3 is 0 Å². The van der Waals surface area contributed by atoms with Crippen LogP contribution in [-0.4, -0.2) is 21.9 Å². The molecule has 1 atom stereocenters. The molecule has 0 bridgehead atoms. The second-order valence-corrected chi connectivity index (χ2v) is 5.21. The van der Waals surface area contributed by atoms with Gasteiger partial charge in [-0.25, -0.2) is 0 Å². The summed E-state index contributed by atoms with van der Waals surface area (Å²) in [5, 5.41) is 13.7. The van der Waals surface area contributed by atoms with E-state index in [2.05, 4.69) is 33.0 Å². The van der Waals surface area contributed by atoms with Gasteiger partial charge in [-0.05, 0) is 47.5 Å². The zero-order chi connectivity index (χ0) is 14.5. The van der Waals surface area contributed by atoms with Crippen LogP contribution in [-0.2, 0) is 4.74 Å². The normalized spacial score (nSPS) is 12.6. The third-order valence-corrected chi connectivity index (χ3v) is 3.51. The van der Waals surface area contributed by atoms with Crippen LogP contribution in [0, 0.1) is 0 Å². The van der Waals surface area contributed by atoms with E-state index in [1.807, 2.05) is 6.92 Å². The Labute approximate surface area is 126 Å². The van der Waals surface area contributed by atoms with Gasteiger partial charge in [0.25, 0.3) is 5.89 Å². The summed E-state index contributed by atoms with van der Waals surface area (Å²) in [6, 6.07) is 5.12. The Hall–Kier alpha value is -1.40. The minimum absolute atomic E-state index is 0.136. The summed E-state index contributed by atoms with van der Waals surface area (Å²) >= 11 is 3.23. The summed E-state index contributed by atoms with van der Waals surface area (Å²) in [7, 11) is 0. The molecular formula is C14H17BrN2O3. The van der Waals surface area contributed by atoms with Crippen molar-refractivity contribution in [3.63, 3.8) is 0 Å². The van der Waals surface area contributed by atoms with Crippen molar-refractivity contribution in [3.05, 3.63) is 28.5 Å². The van der Waals surface area contributed by atoms with Gasteiger partial charge in [-0.1, -0.05) is 18.5 Å². The Morgan fingerprint density at radius 1 is 1.40 bits per heavy atom. The molecule has 0 saturated heterocycles. The lowest BCUT2D eigenvalue weighted by atomic mass is 10.2. The number of halogens is 1. The lowest BCUT2D eigenvalue weighted by molar-refractivity contribution is 0.0478. The Balaban J connectivity index is 2.24. The zero-order valence-electron chi connectivity index (χ0n) is 11.5. The number of rotatable bonds is 6. The zero-order valence-corrected chi connectivity index (χ0v) is 13.1. The lowest BCUT2D eigenvalue weighted by Crippen LogP contribution is -2.05. The maximum Gasteiger partial charge on any atom is 0.258 e. The second kappa shape index (κ2) is 6.85. The summed E-state index contributed by atoms with van der Waals surface area (Å²) in [6.07, 6.45) is 1.68. The number of ether oxygens (including phenoxy) is 1. The fourth-order valence-electron chi connectivity index (χ4n) is 1.88. The van der Waals surface area contributed by atoms with Crippen molar-refractivity contribution in [2.45, 2.75) is 32.8 Å². The molecule has 1 aromatic heterocycles. The molecule has 20 heavy (non-hydrogen) atoms. The summed E-state index contributed by atoms with van der Waals surface area (Å²) in [5.74, 6) is 1.06. The van der Waals surface area contributed by atoms with Crippen molar-refractivity contribution in [2.24, 2.45) is 0 Å². The number of hydrogen-bond donors (Lipinski definition) is 1. The third-order valence-electron chi connectivity index (χ3n) is 2.84. The van der Waals surface area contributed by atoms with E-state index in [0.717, 1.165) is 12.8 Å². The van der Waals surface area contributed by atoms with E-state index in [4.69, 9.17) is 9.26 Å². The molecule has 1 unspecified atom stereocenters. The van der Waals surface area contributed by atoms with E-state index in [-0.39, 0.29) is 11.9 Å². The maximum atomic E-state index is 9.68. The highest BCUT2D eigenvalue weighted by atomic mass is 79.9. The van der Waals surface area contributed by atoms with Gasteiger partial charge in [0.15, 0.2) is 0 Å². The number of benzene rings is 1. The van der Waals surface area contributed by atoms with Crippen LogP contribution >= 0.6 is 15.9 Å². The molecule has 0 aliphatic heterocycles. The van der Waals surface area contributed by atoms with E-state index in [0.29, 0.717) is 28.4 Å². The smallest absolute Gasteiger partial charge is 0.258 e. The molecular weight excluding hydrogens is 324 g/mol. The van der Waals surface area contributed by atoms with Crippen LogP contribution < -0.4 is 0 Å². The molecule has 1 aromatic carbocycles. The molecule has 108 valence electrons. The highest BCUT2D eigenvalue weighted by Crippen LogP contribution is 2.30. The number of phenolic OH excluding ortho intramolecular Hbond substituents is 1. The van der Waals surface area contributed by atoms with Gasteiger partial charge in [0, 0.05) is 12.2 Å². The fourth-order valence-corrected chi connectivity index (χ4v) is 2.13. The van der Waals surface area contributed by atoms with Crippen LogP contribution in [0.3, 0.4) is 0 Å². The van der Waals surface area contributed by atoms with Gasteiger partial charge in [0.2, 0.25) is 5.82 Å². The number of hydrogen-bond acceptors (Lipinski definition) is 5. The number of aromatic nitrogens is 2. The standard InChI is InChI=1S/C14H17BrN2O3/c1-3-5-12(19-4-2)13-16-14(20-17-13)9-6-7-10(15)11(18)8-9/h6-8,12,18H,3-5H2,1-2H3. The molecule has 1 heterocycles. The molecule has 2 aromatic rings. The predicted octanol–water partition coefficient (Wildman–Crippen LogP) is 4.08. The van der Waals surface area contributed by atoms with Gasteiger partial charge in [0.1, 0.15) is 11.9 Å². The van der Waals surface area contributed by atoms with Crippen LogP contribution in [0.4, 0.5) is 0 Å². The Morgan fingerprint density at radius 2 is 2.20 bits per heavy atom. The van der Waals surface area contributed by atoms with Crippen molar-refractivity contribution in [3.8, 4) is 17.2 Å². The molecule has 0 aliphatic carbocycles. The molecule has 5 nitrogen and oxygen atoms in total. The average Bonchev–Trinajstić information content (AvgIpc) is 2.91. The summed E-state index contributed by atoms with van der Waals surface area (Å²) in [6.45, 7) is 4.63. The summed E-state index contributed by atoms with van der Waals surface area (Å²) < 4.78 is 11.5. The maximum absolute atomic E-state index is 9.68. The van der Waals surface area contributed by atoms with E-state index in [9.17, 15) is 5.11 Å². The topological polar surface area (TPSA) is 68.4 Å². The molecule has 0 fully saturated rings. The highest BCUT2D eigenvalue weighted by molar-refractivity contribution is 9.10. The largest absolute Gasteiger partial charge is 0.507 e. The molecule has 0 spiro atoms. The van der Waals surface area contributed by atoms with Gasteiger partial charge in [-0.3, -0.25) is 0 Å². The van der Waals surface area contributed by atoms with Gasteiger partial charge in [0.05, 0.1) is 4.47 Å². The molecule has 0 saturated carbocycles. The van der Waals surface area contributed by atoms with Crippen LogP contribution in [0.25, 0.3) is 11.5 Å². The third kappa shape index (κ3) is 3.37. The number of phenols is 1. The molecule has 1 N–H and O–H groups in total. The molecule has 6 heteroatoms. The van der Waals surface area contributed by atoms with E-state index < -0.39 is 0 Å². The van der Waals surface area contributed by atoms with E-state index in [1.165, 1.54) is 0 Å². The van der Waals surface area contributed by atoms with E-state index >= 15 is 0 Å². The number of nitrogens with zero attached hydrogens (tertiary/aromatic N) is 2. The first-order valence-corrected chi connectivity index (χ1v) is 7.39. The predicted molar refractivity (Wildman–Crippen MR) is 78.4 cm³/mol. The van der Waals surface area contributed by atoms with Crippen molar-refractivity contribution in [2.75, 3.05) is 6.61 Å². The van der Waals surface area contributed by atoms with Gasteiger partial charge in [-0.2, -0.15) is 4.98 Å². The molecule has 0 aliphatic rings. The monoisotopic (exact) mass is 340 g/mol. The minimum atomic E-state index is -0.147. The Kier molecular flexibility index (Phi) is 5.14. The molecule has 2 rings (SSSR count). The van der Waals surface area contributed by atoms with Crippen molar-refractivity contribution in [1.82, 2.24) is 10.1 Å². The first-order chi connectivity index (χ1) is 9.65. The van der Waals surface area contributed by atoms with Crippen LogP contribution in [0.2, 0.25) is 0 Å². The second-order valence-electron chi connectivity index (χ2n) is 4.36. The highest BCUT2D eigenvalue weighted by Gasteiger charge is 2.19. The van der Waals surface area contributed by atoms with Crippen molar-refractivity contribution in [1.29, 1.82) is 0 Å². The lowest BCUT2D eigenvalue weighted by Gasteiger charge is -2.11. The minimum Gasteiger partial charge on any atom is -0.507 e. The Morgan fingerprint density at radius 3 is 2.85 bits per heavy atom. The number of aromatic hydroxyl groups is 1. The summed E-state index contributed by atoms with van der Waals surface area (Å²) in [5.41, 5.74) is 0.677. The van der Waals surface area contributed by atoms with Crippen LogP contribution in [0.15, 0.2) is 27.2 Å². The van der Waals surface area contributed by atoms with Gasteiger partial charge < -0.3 is 14.4 Å². The molecule has 0 radical (unpaired) electrons. The SMILES string of the molecule is CCCC(OCC)c1noc(-c2ccc(Br)c(O)c2)n1.